The van der Waals surface area contributed by atoms with E-state index in [1.807, 2.05) is 0 Å². The molecule has 1 nitrogen and oxygen atoms in total. The van der Waals surface area contributed by atoms with Crippen LogP contribution in [0.5, 0.6) is 0 Å². The van der Waals surface area contributed by atoms with Gasteiger partial charge in [0.25, 0.3) is 0 Å². The Bertz CT molecular complexity index is 165. The molecule has 1 rings (SSSR count). The summed E-state index contributed by atoms with van der Waals surface area (Å²) in [5.41, 5.74) is 0. The van der Waals surface area contributed by atoms with Gasteiger partial charge in [-0.15, -0.1) is 0 Å². The first kappa shape index (κ1) is 11.0. The van der Waals surface area contributed by atoms with Crippen LogP contribution in [-0.2, 0) is 0 Å². The van der Waals surface area contributed by atoms with E-state index in [9.17, 15) is 0 Å². The molecule has 0 radical (unpaired) electrons. The highest BCUT2D eigenvalue weighted by Gasteiger charge is 2.12. The van der Waals surface area contributed by atoms with Gasteiger partial charge in [-0.2, -0.15) is 0 Å². The number of likely N-dealkylation sites (tertiary alicyclic amines) is 1. The van der Waals surface area contributed by atoms with Gasteiger partial charge in [-0.3, -0.25) is 0 Å². The highest BCUT2D eigenvalue weighted by molar-refractivity contribution is 7.80. The minimum absolute atomic E-state index is 0.797. The van der Waals surface area contributed by atoms with Crippen LogP contribution in [0.3, 0.4) is 0 Å². The van der Waals surface area contributed by atoms with Gasteiger partial charge in [0.2, 0.25) is 0 Å². The van der Waals surface area contributed by atoms with Gasteiger partial charge < -0.3 is 4.90 Å². The Balaban J connectivity index is 2.32. The maximum Gasteiger partial charge on any atom is 0.0779 e. The Morgan fingerprint density at radius 3 is 2.77 bits per heavy atom. The molecule has 0 unspecified atom stereocenters. The molecule has 0 aromatic carbocycles. The molecule has 0 bridgehead atoms. The van der Waals surface area contributed by atoms with Crippen molar-refractivity contribution < 1.29 is 0 Å². The second-order valence-electron chi connectivity index (χ2n) is 4.37. The topological polar surface area (TPSA) is 3.24 Å². The lowest BCUT2D eigenvalue weighted by molar-refractivity contribution is 0.382. The van der Waals surface area contributed by atoms with Gasteiger partial charge in [-0.25, -0.2) is 0 Å². The molecule has 0 N–H and O–H groups in total. The van der Waals surface area contributed by atoms with E-state index in [1.54, 1.807) is 0 Å². The summed E-state index contributed by atoms with van der Waals surface area (Å²) in [6, 6.07) is 0. The molecule has 0 aromatic rings. The van der Waals surface area contributed by atoms with Gasteiger partial charge in [-0.05, 0) is 31.6 Å². The van der Waals surface area contributed by atoms with E-state index in [0.29, 0.717) is 0 Å². The fourth-order valence-electron chi connectivity index (χ4n) is 1.69. The smallest absolute Gasteiger partial charge is 0.0779 e. The molecular weight excluding hydrogens is 178 g/mol. The Kier molecular flexibility index (Phi) is 4.71. The number of thiocarbonyl (C=S) groups is 1. The average Bonchev–Trinajstić information content (AvgIpc) is 2.27. The van der Waals surface area contributed by atoms with Crippen molar-refractivity contribution in [3.05, 3.63) is 0 Å². The van der Waals surface area contributed by atoms with Crippen molar-refractivity contribution in [2.24, 2.45) is 5.92 Å². The van der Waals surface area contributed by atoms with Crippen LogP contribution in [0, 0.1) is 5.92 Å². The summed E-state index contributed by atoms with van der Waals surface area (Å²) in [5, 5.41) is 0. The van der Waals surface area contributed by atoms with E-state index in [1.165, 1.54) is 43.8 Å². The van der Waals surface area contributed by atoms with Gasteiger partial charge in [0.15, 0.2) is 0 Å². The van der Waals surface area contributed by atoms with Crippen LogP contribution in [0.2, 0.25) is 0 Å². The minimum Gasteiger partial charge on any atom is -0.366 e. The van der Waals surface area contributed by atoms with Crippen molar-refractivity contribution >= 4 is 17.2 Å². The zero-order chi connectivity index (χ0) is 9.68. The summed E-state index contributed by atoms with van der Waals surface area (Å²) in [7, 11) is 0. The van der Waals surface area contributed by atoms with Crippen molar-refractivity contribution in [1.82, 2.24) is 4.90 Å². The Morgan fingerprint density at radius 1 is 1.31 bits per heavy atom. The van der Waals surface area contributed by atoms with Crippen LogP contribution in [0.4, 0.5) is 0 Å². The zero-order valence-electron chi connectivity index (χ0n) is 8.88. The second-order valence-corrected chi connectivity index (χ2v) is 4.85. The van der Waals surface area contributed by atoms with Crippen molar-refractivity contribution in [1.29, 1.82) is 0 Å². The molecule has 1 fully saturated rings. The largest absolute Gasteiger partial charge is 0.366 e. The van der Waals surface area contributed by atoms with E-state index in [-0.39, 0.29) is 0 Å². The van der Waals surface area contributed by atoms with E-state index < -0.39 is 0 Å². The maximum absolute atomic E-state index is 5.39. The normalized spacial score (nSPS) is 19.3. The third-order valence-electron chi connectivity index (χ3n) is 2.65. The molecule has 1 heterocycles. The number of hydrogen-bond donors (Lipinski definition) is 0. The van der Waals surface area contributed by atoms with Crippen LogP contribution in [-0.4, -0.2) is 23.0 Å². The molecule has 1 aliphatic rings. The molecule has 0 saturated carbocycles. The predicted octanol–water partition coefficient (Wildman–Crippen LogP) is 3.24. The highest BCUT2D eigenvalue weighted by Crippen LogP contribution is 2.14. The standard InChI is InChI=1S/C11H21NS/c1-10(2)7-9-12-8-5-3-4-6-11(12)13/h10H,3-9H2,1-2H3. The van der Waals surface area contributed by atoms with Crippen LogP contribution in [0.15, 0.2) is 0 Å². The maximum atomic E-state index is 5.39. The Labute approximate surface area is 87.5 Å². The molecule has 13 heavy (non-hydrogen) atoms. The first-order valence-electron chi connectivity index (χ1n) is 5.48. The molecule has 0 aromatic heterocycles. The first-order valence-corrected chi connectivity index (χ1v) is 5.88. The lowest BCUT2D eigenvalue weighted by Gasteiger charge is -2.23. The monoisotopic (exact) mass is 199 g/mol. The highest BCUT2D eigenvalue weighted by atomic mass is 32.1. The minimum atomic E-state index is 0.797. The van der Waals surface area contributed by atoms with E-state index in [4.69, 9.17) is 12.2 Å². The van der Waals surface area contributed by atoms with E-state index in [0.717, 1.165) is 12.3 Å². The van der Waals surface area contributed by atoms with Crippen molar-refractivity contribution in [2.45, 2.75) is 46.0 Å². The molecule has 76 valence electrons. The summed E-state index contributed by atoms with van der Waals surface area (Å²) in [4.78, 5) is 3.63. The van der Waals surface area contributed by atoms with Crippen LogP contribution < -0.4 is 0 Å². The number of nitrogens with zero attached hydrogens (tertiary/aromatic N) is 1. The SMILES string of the molecule is CC(C)CCN1CCCCCC1=S. The Hall–Kier alpha value is -0.110. The molecule has 0 amide bonds. The van der Waals surface area contributed by atoms with Gasteiger partial charge >= 0.3 is 0 Å². The summed E-state index contributed by atoms with van der Waals surface area (Å²) >= 11 is 5.39. The van der Waals surface area contributed by atoms with E-state index in [2.05, 4.69) is 18.7 Å². The van der Waals surface area contributed by atoms with Crippen LogP contribution >= 0.6 is 12.2 Å². The second kappa shape index (κ2) is 5.58. The Morgan fingerprint density at radius 2 is 2.08 bits per heavy atom. The van der Waals surface area contributed by atoms with Crippen molar-refractivity contribution in [3.63, 3.8) is 0 Å². The lowest BCUT2D eigenvalue weighted by atomic mass is 10.1. The molecule has 0 atom stereocenters. The molecule has 0 spiro atoms. The van der Waals surface area contributed by atoms with Gasteiger partial charge in [0, 0.05) is 13.1 Å². The van der Waals surface area contributed by atoms with Crippen LogP contribution in [0.25, 0.3) is 0 Å². The number of rotatable bonds is 3. The number of hydrogen-bond acceptors (Lipinski definition) is 1. The van der Waals surface area contributed by atoms with Gasteiger partial charge in [0.1, 0.15) is 0 Å². The molecular formula is C11H21NS. The van der Waals surface area contributed by atoms with Crippen LogP contribution in [0.1, 0.15) is 46.0 Å². The molecule has 1 aliphatic heterocycles. The third kappa shape index (κ3) is 4.08. The summed E-state index contributed by atoms with van der Waals surface area (Å²) < 4.78 is 0. The fraction of sp³-hybridized carbons (Fsp3) is 0.909. The molecule has 1 saturated heterocycles. The van der Waals surface area contributed by atoms with Crippen molar-refractivity contribution in [3.8, 4) is 0 Å². The summed E-state index contributed by atoms with van der Waals surface area (Å²) in [6.07, 6.45) is 6.42. The third-order valence-corrected chi connectivity index (χ3v) is 3.11. The predicted molar refractivity (Wildman–Crippen MR) is 62.1 cm³/mol. The first-order chi connectivity index (χ1) is 6.20. The fourth-order valence-corrected chi connectivity index (χ4v) is 2.02. The van der Waals surface area contributed by atoms with Crippen molar-refractivity contribution in [2.75, 3.05) is 13.1 Å². The molecule has 0 aliphatic carbocycles. The lowest BCUT2D eigenvalue weighted by Crippen LogP contribution is -2.30. The summed E-state index contributed by atoms with van der Waals surface area (Å²) in [6.45, 7) is 6.93. The van der Waals surface area contributed by atoms with E-state index >= 15 is 0 Å². The zero-order valence-corrected chi connectivity index (χ0v) is 9.70. The quantitative estimate of drug-likeness (QED) is 0.642. The van der Waals surface area contributed by atoms with Gasteiger partial charge in [0.05, 0.1) is 4.99 Å². The summed E-state index contributed by atoms with van der Waals surface area (Å²) in [5.74, 6) is 0.797. The average molecular weight is 199 g/mol. The molecule has 2 heteroatoms. The van der Waals surface area contributed by atoms with Gasteiger partial charge in [-0.1, -0.05) is 32.5 Å².